The molecule has 10 heteroatoms. The van der Waals surface area contributed by atoms with Crippen LogP contribution < -0.4 is 0 Å². The van der Waals surface area contributed by atoms with E-state index in [0.717, 1.165) is 13.2 Å². The summed E-state index contributed by atoms with van der Waals surface area (Å²) in [5.41, 5.74) is 0. The van der Waals surface area contributed by atoms with Gasteiger partial charge in [0, 0.05) is 13.2 Å². The molecule has 0 bridgehead atoms. The van der Waals surface area contributed by atoms with Gasteiger partial charge in [0.15, 0.2) is 0 Å². The third-order valence-corrected chi connectivity index (χ3v) is 7.27. The summed E-state index contributed by atoms with van der Waals surface area (Å²) in [4.78, 5) is 16.7. The highest BCUT2D eigenvalue weighted by Crippen LogP contribution is 2.35. The Morgan fingerprint density at radius 1 is 0.405 bits per heavy atom. The summed E-state index contributed by atoms with van der Waals surface area (Å²) in [6.07, 6.45) is 28.2. The Bertz CT molecular complexity index is 498. The molecule has 0 unspecified atom stereocenters. The second-order valence-electron chi connectivity index (χ2n) is 10.9. The van der Waals surface area contributed by atoms with E-state index in [9.17, 15) is 4.57 Å². The standard InChI is InChI=1S/C24H50O.C8H19O8P/c1-3-5-7-9-11-13-15-17-19-21-23-25-24-22-20-18-16-14-12-10-8-6-4-2;9-1-2-13-3-4-14-5-6-15-7-8-16-17(10,11)12/h3-24H2,1-2H3;9H,1-8H2,(H2,10,11,12). The predicted octanol–water partition coefficient (Wildman–Crippen LogP) is 7.98. The molecule has 9 nitrogen and oxygen atoms in total. The van der Waals surface area contributed by atoms with Gasteiger partial charge in [0.1, 0.15) is 0 Å². The number of aliphatic hydroxyl groups is 1. The van der Waals surface area contributed by atoms with Gasteiger partial charge in [0.05, 0.1) is 52.9 Å². The third-order valence-electron chi connectivity index (χ3n) is 6.75. The summed E-state index contributed by atoms with van der Waals surface area (Å²) in [6, 6.07) is 0. The summed E-state index contributed by atoms with van der Waals surface area (Å²) < 4.78 is 35.2. The van der Waals surface area contributed by atoms with Crippen LogP contribution in [0.3, 0.4) is 0 Å². The zero-order valence-corrected chi connectivity index (χ0v) is 28.3. The lowest BCUT2D eigenvalue weighted by Crippen LogP contribution is -2.12. The van der Waals surface area contributed by atoms with Gasteiger partial charge in [0.2, 0.25) is 0 Å². The molecule has 0 aliphatic heterocycles. The zero-order chi connectivity index (χ0) is 31.2. The van der Waals surface area contributed by atoms with Gasteiger partial charge < -0.3 is 33.8 Å². The molecule has 256 valence electrons. The Balaban J connectivity index is 0. The van der Waals surface area contributed by atoms with E-state index in [4.69, 9.17) is 33.8 Å². The average Bonchev–Trinajstić information content (AvgIpc) is 2.96. The molecule has 0 radical (unpaired) electrons. The number of aliphatic hydroxyl groups excluding tert-OH is 1. The van der Waals surface area contributed by atoms with Crippen molar-refractivity contribution in [2.24, 2.45) is 0 Å². The lowest BCUT2D eigenvalue weighted by molar-refractivity contribution is 0.00222. The number of phosphoric ester groups is 1. The molecular formula is C32H69O9P. The maximum absolute atomic E-state index is 10.3. The third kappa shape index (κ3) is 46.9. The highest BCUT2D eigenvalue weighted by atomic mass is 31.2. The van der Waals surface area contributed by atoms with E-state index in [1.165, 1.54) is 128 Å². The van der Waals surface area contributed by atoms with E-state index < -0.39 is 7.82 Å². The van der Waals surface area contributed by atoms with E-state index in [0.29, 0.717) is 33.0 Å². The molecule has 42 heavy (non-hydrogen) atoms. The van der Waals surface area contributed by atoms with Crippen molar-refractivity contribution in [2.75, 3.05) is 66.1 Å². The quantitative estimate of drug-likeness (QED) is 0.0480. The first-order valence-electron chi connectivity index (χ1n) is 17.1. The molecule has 0 aliphatic carbocycles. The number of ether oxygens (including phenoxy) is 4. The minimum atomic E-state index is -4.39. The fourth-order valence-electron chi connectivity index (χ4n) is 4.31. The summed E-state index contributed by atoms with van der Waals surface area (Å²) in [6.45, 7) is 8.26. The molecule has 0 amide bonds. The van der Waals surface area contributed by atoms with Crippen LogP contribution in [0.4, 0.5) is 0 Å². The Hall–Kier alpha value is -0.0900. The summed E-state index contributed by atoms with van der Waals surface area (Å²) >= 11 is 0. The smallest absolute Gasteiger partial charge is 0.394 e. The molecule has 0 fully saturated rings. The van der Waals surface area contributed by atoms with Crippen molar-refractivity contribution in [3.8, 4) is 0 Å². The second-order valence-corrected chi connectivity index (χ2v) is 12.1. The molecule has 0 aliphatic rings. The van der Waals surface area contributed by atoms with E-state index in [1.54, 1.807) is 0 Å². The zero-order valence-electron chi connectivity index (χ0n) is 27.5. The van der Waals surface area contributed by atoms with Crippen LogP contribution in [0.15, 0.2) is 0 Å². The molecule has 0 atom stereocenters. The van der Waals surface area contributed by atoms with E-state index in [-0.39, 0.29) is 19.8 Å². The lowest BCUT2D eigenvalue weighted by Gasteiger charge is -2.07. The SMILES string of the molecule is CCCCCCCCCCCCOCCCCCCCCCCCC.O=P(O)(O)OCCOCCOCCOCCO. The number of phosphoric acid groups is 1. The van der Waals surface area contributed by atoms with Gasteiger partial charge in [-0.2, -0.15) is 0 Å². The fraction of sp³-hybridized carbons (Fsp3) is 1.00. The van der Waals surface area contributed by atoms with Crippen molar-refractivity contribution < 1.29 is 42.9 Å². The van der Waals surface area contributed by atoms with E-state index in [2.05, 4.69) is 18.4 Å². The maximum atomic E-state index is 10.3. The first-order chi connectivity index (χ1) is 20.5. The van der Waals surface area contributed by atoms with Crippen LogP contribution in [0.25, 0.3) is 0 Å². The summed E-state index contributed by atoms with van der Waals surface area (Å²) in [5, 5.41) is 8.39. The summed E-state index contributed by atoms with van der Waals surface area (Å²) in [5.74, 6) is 0. The molecule has 0 heterocycles. The molecule has 0 saturated carbocycles. The predicted molar refractivity (Wildman–Crippen MR) is 172 cm³/mol. The molecule has 0 rings (SSSR count). The number of rotatable bonds is 34. The van der Waals surface area contributed by atoms with Crippen molar-refractivity contribution in [3.05, 3.63) is 0 Å². The highest BCUT2D eigenvalue weighted by molar-refractivity contribution is 7.46. The molecule has 0 aromatic rings. The van der Waals surface area contributed by atoms with Gasteiger partial charge in [-0.05, 0) is 12.8 Å². The van der Waals surface area contributed by atoms with Gasteiger partial charge in [-0.1, -0.05) is 129 Å². The molecule has 3 N–H and O–H groups in total. The Morgan fingerprint density at radius 2 is 0.690 bits per heavy atom. The largest absolute Gasteiger partial charge is 0.469 e. The highest BCUT2D eigenvalue weighted by Gasteiger charge is 2.12. The van der Waals surface area contributed by atoms with Gasteiger partial charge in [-0.15, -0.1) is 0 Å². The average molecular weight is 629 g/mol. The van der Waals surface area contributed by atoms with Gasteiger partial charge in [0.25, 0.3) is 0 Å². The van der Waals surface area contributed by atoms with Crippen molar-refractivity contribution in [2.45, 2.75) is 142 Å². The Kier molecular flexibility index (Phi) is 40.8. The van der Waals surface area contributed by atoms with Crippen LogP contribution in [0.1, 0.15) is 142 Å². The van der Waals surface area contributed by atoms with Crippen LogP contribution >= 0.6 is 7.82 Å². The van der Waals surface area contributed by atoms with Crippen LogP contribution in [-0.4, -0.2) is 81.0 Å². The van der Waals surface area contributed by atoms with Crippen molar-refractivity contribution in [1.29, 1.82) is 0 Å². The van der Waals surface area contributed by atoms with Crippen molar-refractivity contribution in [3.63, 3.8) is 0 Å². The fourth-order valence-corrected chi connectivity index (χ4v) is 4.62. The monoisotopic (exact) mass is 628 g/mol. The number of unbranched alkanes of at least 4 members (excludes halogenated alkanes) is 18. The first-order valence-corrected chi connectivity index (χ1v) is 18.6. The maximum Gasteiger partial charge on any atom is 0.469 e. The Morgan fingerprint density at radius 3 is 1.02 bits per heavy atom. The van der Waals surface area contributed by atoms with E-state index >= 15 is 0 Å². The van der Waals surface area contributed by atoms with Gasteiger partial charge in [-0.25, -0.2) is 4.57 Å². The lowest BCUT2D eigenvalue weighted by atomic mass is 10.1. The van der Waals surface area contributed by atoms with Crippen LogP contribution in [0, 0.1) is 0 Å². The number of hydrogen-bond donors (Lipinski definition) is 3. The first kappa shape index (κ1) is 44.0. The molecule has 0 spiro atoms. The molecule has 0 aromatic heterocycles. The van der Waals surface area contributed by atoms with Crippen molar-refractivity contribution in [1.82, 2.24) is 0 Å². The molecule has 0 aromatic carbocycles. The minimum absolute atomic E-state index is 0.0112. The van der Waals surface area contributed by atoms with Gasteiger partial charge in [-0.3, -0.25) is 4.52 Å². The van der Waals surface area contributed by atoms with Crippen LogP contribution in [0.2, 0.25) is 0 Å². The molecular weight excluding hydrogens is 559 g/mol. The van der Waals surface area contributed by atoms with Crippen molar-refractivity contribution >= 4 is 7.82 Å². The van der Waals surface area contributed by atoms with Crippen LogP contribution in [0.5, 0.6) is 0 Å². The Labute approximate surface area is 259 Å². The number of hydrogen-bond acceptors (Lipinski definition) is 7. The second kappa shape index (κ2) is 38.9. The van der Waals surface area contributed by atoms with E-state index in [1.807, 2.05) is 0 Å². The van der Waals surface area contributed by atoms with Gasteiger partial charge >= 0.3 is 7.82 Å². The van der Waals surface area contributed by atoms with Crippen LogP contribution in [-0.2, 0) is 28.0 Å². The normalized spacial score (nSPS) is 11.5. The summed E-state index contributed by atoms with van der Waals surface area (Å²) in [7, 11) is -4.39. The topological polar surface area (TPSA) is 124 Å². The minimum Gasteiger partial charge on any atom is -0.394 e. The molecule has 0 saturated heterocycles.